The van der Waals surface area contributed by atoms with Gasteiger partial charge in [-0.25, -0.2) is 0 Å². The average Bonchev–Trinajstić information content (AvgIpc) is 2.45. The van der Waals surface area contributed by atoms with Crippen molar-refractivity contribution in [3.8, 4) is 0 Å². The molecule has 0 radical (unpaired) electrons. The summed E-state index contributed by atoms with van der Waals surface area (Å²) in [5.74, 6) is -0.279. The number of nitrogens with one attached hydrogen (secondary N) is 1. The van der Waals surface area contributed by atoms with Crippen molar-refractivity contribution in [2.45, 2.75) is 17.2 Å². The van der Waals surface area contributed by atoms with Crippen molar-refractivity contribution in [2.24, 2.45) is 0 Å². The van der Waals surface area contributed by atoms with Gasteiger partial charge in [-0.05, 0) is 36.9 Å². The van der Waals surface area contributed by atoms with E-state index in [1.54, 1.807) is 43.3 Å². The molecule has 2 rings (SSSR count). The van der Waals surface area contributed by atoms with E-state index in [4.69, 9.17) is 23.2 Å². The fourth-order valence-corrected chi connectivity index (χ4v) is 2.92. The van der Waals surface area contributed by atoms with E-state index in [9.17, 15) is 10.0 Å². The van der Waals surface area contributed by atoms with Crippen LogP contribution in [0.4, 0.5) is 5.69 Å². The number of nitrogens with zero attached hydrogens (tertiary/aromatic N) is 1. The summed E-state index contributed by atoms with van der Waals surface area (Å²) >= 11 is 13.2. The first-order valence-corrected chi connectivity index (χ1v) is 7.72. The fourth-order valence-electron chi connectivity index (χ4n) is 1.58. The Labute approximate surface area is 136 Å². The molecule has 0 saturated heterocycles. The number of carbonyl (C=O) groups excluding carboxylic acids is 1. The number of para-hydroxylation sites is 1. The summed E-state index contributed by atoms with van der Waals surface area (Å²) in [6, 6.07) is 10.0. The van der Waals surface area contributed by atoms with Crippen LogP contribution in [0.1, 0.15) is 6.92 Å². The number of rotatable bonds is 4. The molecule has 4 nitrogen and oxygen atoms in total. The Morgan fingerprint density at radius 1 is 1.24 bits per heavy atom. The van der Waals surface area contributed by atoms with Gasteiger partial charge in [-0.2, -0.15) is 4.73 Å². The number of benzene rings is 1. The van der Waals surface area contributed by atoms with E-state index < -0.39 is 5.25 Å². The van der Waals surface area contributed by atoms with Gasteiger partial charge >= 0.3 is 0 Å². The number of hydrogen-bond acceptors (Lipinski definition) is 3. The van der Waals surface area contributed by atoms with E-state index in [0.717, 1.165) is 16.5 Å². The smallest absolute Gasteiger partial charge is 0.252 e. The molecule has 0 bridgehead atoms. The van der Waals surface area contributed by atoms with E-state index in [1.807, 2.05) is 0 Å². The zero-order valence-corrected chi connectivity index (χ0v) is 13.4. The van der Waals surface area contributed by atoms with Crippen LogP contribution in [0.25, 0.3) is 0 Å². The predicted molar refractivity (Wildman–Crippen MR) is 85.8 cm³/mol. The normalized spacial score (nSPS) is 12.0. The molecule has 0 aliphatic rings. The highest BCUT2D eigenvalue weighted by Gasteiger charge is 2.20. The molecule has 0 unspecified atom stereocenters. The van der Waals surface area contributed by atoms with Gasteiger partial charge in [0.2, 0.25) is 5.91 Å². The third kappa shape index (κ3) is 4.03. The van der Waals surface area contributed by atoms with E-state index in [1.165, 1.54) is 6.20 Å². The molecule has 110 valence electrons. The van der Waals surface area contributed by atoms with Crippen molar-refractivity contribution in [2.75, 3.05) is 5.32 Å². The third-order valence-corrected chi connectivity index (χ3v) is 4.42. The van der Waals surface area contributed by atoms with E-state index in [0.29, 0.717) is 20.8 Å². The monoisotopic (exact) mass is 342 g/mol. The molecule has 0 saturated carbocycles. The number of halogens is 2. The van der Waals surface area contributed by atoms with Gasteiger partial charge < -0.3 is 10.5 Å². The maximum Gasteiger partial charge on any atom is 0.252 e. The van der Waals surface area contributed by atoms with Crippen LogP contribution in [0.15, 0.2) is 47.6 Å². The number of carbonyl (C=O) groups is 1. The lowest BCUT2D eigenvalue weighted by Gasteiger charge is -2.13. The van der Waals surface area contributed by atoms with Crippen molar-refractivity contribution >= 4 is 46.6 Å². The molecule has 0 aliphatic carbocycles. The molecule has 21 heavy (non-hydrogen) atoms. The van der Waals surface area contributed by atoms with Crippen molar-refractivity contribution in [3.63, 3.8) is 0 Å². The van der Waals surface area contributed by atoms with Crippen LogP contribution in [0.5, 0.6) is 0 Å². The number of aromatic nitrogens is 1. The Hall–Kier alpha value is -1.43. The van der Waals surface area contributed by atoms with E-state index in [2.05, 4.69) is 5.32 Å². The van der Waals surface area contributed by atoms with E-state index in [-0.39, 0.29) is 5.91 Å². The molecule has 1 aromatic heterocycles. The second kappa shape index (κ2) is 7.02. The molecule has 1 atom stereocenters. The number of thioether (sulfide) groups is 1. The lowest BCUT2D eigenvalue weighted by atomic mass is 10.3. The predicted octanol–water partition coefficient (Wildman–Crippen LogP) is 3.75. The summed E-state index contributed by atoms with van der Waals surface area (Å²) in [5, 5.41) is 15.0. The van der Waals surface area contributed by atoms with Crippen molar-refractivity contribution in [1.29, 1.82) is 0 Å². The van der Waals surface area contributed by atoms with Crippen LogP contribution in [-0.4, -0.2) is 11.2 Å². The average molecular weight is 343 g/mol. The van der Waals surface area contributed by atoms with Crippen molar-refractivity contribution in [1.82, 2.24) is 0 Å². The molecule has 2 aromatic rings. The second-order valence-electron chi connectivity index (χ2n) is 4.21. The summed E-state index contributed by atoms with van der Waals surface area (Å²) in [4.78, 5) is 12.2. The lowest BCUT2D eigenvalue weighted by molar-refractivity contribution is -0.645. The molecule has 7 heteroatoms. The molecule has 1 amide bonds. The van der Waals surface area contributed by atoms with Crippen LogP contribution in [0.2, 0.25) is 10.0 Å². The van der Waals surface area contributed by atoms with E-state index >= 15 is 0 Å². The highest BCUT2D eigenvalue weighted by atomic mass is 35.5. The highest BCUT2D eigenvalue weighted by molar-refractivity contribution is 8.00. The van der Waals surface area contributed by atoms with Gasteiger partial charge in [-0.15, -0.1) is 0 Å². The molecule has 1 aromatic carbocycles. The number of hydrogen-bond donors (Lipinski definition) is 1. The number of amides is 1. The first-order chi connectivity index (χ1) is 9.99. The zero-order valence-electron chi connectivity index (χ0n) is 11.0. The lowest BCUT2D eigenvalue weighted by Crippen LogP contribution is -2.30. The van der Waals surface area contributed by atoms with Gasteiger partial charge in [0.15, 0.2) is 6.20 Å². The minimum Gasteiger partial charge on any atom is -0.618 e. The number of pyridine rings is 1. The fraction of sp³-hybridized carbons (Fsp3) is 0.143. The summed E-state index contributed by atoms with van der Waals surface area (Å²) in [6.45, 7) is 1.71. The summed E-state index contributed by atoms with van der Waals surface area (Å²) in [5.41, 5.74) is 0.376. The van der Waals surface area contributed by atoms with Crippen LogP contribution < -0.4 is 10.0 Å². The second-order valence-corrected chi connectivity index (χ2v) is 6.39. The first kappa shape index (κ1) is 15.9. The topological polar surface area (TPSA) is 56.0 Å². The van der Waals surface area contributed by atoms with Gasteiger partial charge in [-0.1, -0.05) is 29.3 Å². The van der Waals surface area contributed by atoms with Crippen molar-refractivity contribution < 1.29 is 9.52 Å². The SMILES string of the molecule is C[C@@H](Sc1cccc[n+]1[O-])C(=O)Nc1c(Cl)cccc1Cl. The summed E-state index contributed by atoms with van der Waals surface area (Å²) in [6.07, 6.45) is 1.39. The minimum absolute atomic E-state index is 0.279. The molecule has 0 spiro atoms. The van der Waals surface area contributed by atoms with Crippen LogP contribution in [0.3, 0.4) is 0 Å². The van der Waals surface area contributed by atoms with Crippen LogP contribution in [-0.2, 0) is 4.79 Å². The summed E-state index contributed by atoms with van der Waals surface area (Å²) in [7, 11) is 0. The first-order valence-electron chi connectivity index (χ1n) is 6.09. The van der Waals surface area contributed by atoms with Crippen LogP contribution in [0, 0.1) is 5.21 Å². The largest absolute Gasteiger partial charge is 0.618 e. The Balaban J connectivity index is 2.08. The number of anilines is 1. The maximum absolute atomic E-state index is 12.2. The van der Waals surface area contributed by atoms with Gasteiger partial charge in [0.05, 0.1) is 21.0 Å². The van der Waals surface area contributed by atoms with Gasteiger partial charge in [0, 0.05) is 12.1 Å². The Morgan fingerprint density at radius 3 is 2.52 bits per heavy atom. The molecular weight excluding hydrogens is 331 g/mol. The molecular formula is C14H12Cl2N2O2S. The molecule has 0 fully saturated rings. The standard InChI is InChI=1S/C14H12Cl2N2O2S/c1-9(21-12-7-2-3-8-18(12)20)14(19)17-13-10(15)5-4-6-11(13)16/h2-9H,1H3,(H,17,19)/t9-/m1/s1. The Kier molecular flexibility index (Phi) is 5.33. The Morgan fingerprint density at radius 2 is 1.90 bits per heavy atom. The highest BCUT2D eigenvalue weighted by Crippen LogP contribution is 2.31. The summed E-state index contributed by atoms with van der Waals surface area (Å²) < 4.78 is 0.719. The molecule has 1 heterocycles. The third-order valence-electron chi connectivity index (χ3n) is 2.67. The molecule has 1 N–H and O–H groups in total. The molecule has 0 aliphatic heterocycles. The zero-order chi connectivity index (χ0) is 15.4. The minimum atomic E-state index is -0.472. The van der Waals surface area contributed by atoms with Gasteiger partial charge in [-0.3, -0.25) is 4.79 Å². The maximum atomic E-state index is 12.2. The van der Waals surface area contributed by atoms with Gasteiger partial charge in [0.1, 0.15) is 0 Å². The van der Waals surface area contributed by atoms with Gasteiger partial charge in [0.25, 0.3) is 5.03 Å². The Bertz CT molecular complexity index is 647. The van der Waals surface area contributed by atoms with Crippen LogP contribution >= 0.6 is 35.0 Å². The quantitative estimate of drug-likeness (QED) is 0.523. The van der Waals surface area contributed by atoms with Crippen molar-refractivity contribution in [3.05, 3.63) is 57.8 Å².